The highest BCUT2D eigenvalue weighted by Gasteiger charge is 2.30. The van der Waals surface area contributed by atoms with Crippen molar-refractivity contribution in [3.63, 3.8) is 0 Å². The zero-order chi connectivity index (χ0) is 20.3. The first-order chi connectivity index (χ1) is 14.0. The van der Waals surface area contributed by atoms with Crippen molar-refractivity contribution in [3.05, 3.63) is 84.4 Å². The number of amides is 2. The minimum Gasteiger partial charge on any atom is -0.455 e. The Balaban J connectivity index is 1.50. The first kappa shape index (κ1) is 19.0. The predicted octanol–water partition coefficient (Wildman–Crippen LogP) is 4.52. The molecule has 0 fully saturated rings. The summed E-state index contributed by atoms with van der Waals surface area (Å²) in [7, 11) is -3.30. The summed E-state index contributed by atoms with van der Waals surface area (Å²) in [6.07, 6.45) is 0.328. The van der Waals surface area contributed by atoms with E-state index in [1.54, 1.807) is 42.5 Å². The quantitative estimate of drug-likeness (QED) is 0.665. The van der Waals surface area contributed by atoms with Gasteiger partial charge < -0.3 is 15.4 Å². The Bertz CT molecular complexity index is 1130. The molecule has 0 aromatic heterocycles. The molecule has 148 valence electrons. The van der Waals surface area contributed by atoms with Crippen LogP contribution >= 0.6 is 0 Å². The van der Waals surface area contributed by atoms with Gasteiger partial charge in [-0.15, -0.1) is 0 Å². The molecule has 1 aliphatic rings. The fraction of sp³-hybridized carbons (Fsp3) is 0.136. The maximum absolute atomic E-state index is 12.6. The van der Waals surface area contributed by atoms with E-state index in [-0.39, 0.29) is 16.7 Å². The number of benzene rings is 3. The Morgan fingerprint density at radius 1 is 0.897 bits per heavy atom. The lowest BCUT2D eigenvalue weighted by atomic mass is 10.0. The van der Waals surface area contributed by atoms with Gasteiger partial charge in [-0.05, 0) is 42.3 Å². The summed E-state index contributed by atoms with van der Waals surface area (Å²) in [5.41, 5.74) is 1.13. The normalized spacial score (nSPS) is 17.0. The number of carbonyl (C=O) groups excluding carboxylic acids is 1. The second kappa shape index (κ2) is 7.97. The molecule has 0 radical (unpaired) electrons. The molecule has 0 saturated heterocycles. The molecule has 3 aromatic rings. The Hall–Kier alpha value is -3.32. The monoisotopic (exact) mass is 408 g/mol. The number of anilines is 1. The average molecular weight is 408 g/mol. The standard InChI is InChI=1S/C22H20N2O4S/c25-22(23-18-14-15-29(26,27)21-13-7-4-10-17(18)21)24-19-11-5-6-12-20(19)28-16-8-2-1-3-9-16/h1-13,18H,14-15H2,(H2,23,24,25). The molecular formula is C22H20N2O4S. The van der Waals surface area contributed by atoms with Crippen LogP contribution in [0.15, 0.2) is 83.8 Å². The minimum absolute atomic E-state index is 0.00264. The van der Waals surface area contributed by atoms with Crippen LogP contribution in [-0.2, 0) is 9.84 Å². The van der Waals surface area contributed by atoms with Crippen LogP contribution in [0.4, 0.5) is 10.5 Å². The van der Waals surface area contributed by atoms with Gasteiger partial charge in [0.25, 0.3) is 0 Å². The number of hydrogen-bond donors (Lipinski definition) is 2. The molecule has 6 nitrogen and oxygen atoms in total. The largest absolute Gasteiger partial charge is 0.455 e. The predicted molar refractivity (Wildman–Crippen MR) is 111 cm³/mol. The molecule has 29 heavy (non-hydrogen) atoms. The number of ether oxygens (including phenoxy) is 1. The Labute approximate surface area is 169 Å². The van der Waals surface area contributed by atoms with E-state index in [0.717, 1.165) is 0 Å². The minimum atomic E-state index is -3.30. The van der Waals surface area contributed by atoms with Crippen molar-refractivity contribution < 1.29 is 17.9 Å². The maximum atomic E-state index is 12.6. The SMILES string of the molecule is O=C(Nc1ccccc1Oc1ccccc1)NC1CCS(=O)(=O)c2ccccc21. The highest BCUT2D eigenvalue weighted by molar-refractivity contribution is 7.91. The van der Waals surface area contributed by atoms with Crippen LogP contribution < -0.4 is 15.4 Å². The van der Waals surface area contributed by atoms with E-state index in [1.807, 2.05) is 36.4 Å². The van der Waals surface area contributed by atoms with Gasteiger partial charge in [0.2, 0.25) is 0 Å². The second-order valence-electron chi connectivity index (χ2n) is 6.71. The van der Waals surface area contributed by atoms with Gasteiger partial charge in [-0.25, -0.2) is 13.2 Å². The lowest BCUT2D eigenvalue weighted by molar-refractivity contribution is 0.247. The van der Waals surface area contributed by atoms with Crippen molar-refractivity contribution in [1.82, 2.24) is 5.32 Å². The average Bonchev–Trinajstić information content (AvgIpc) is 2.73. The van der Waals surface area contributed by atoms with Crippen LogP contribution in [0.1, 0.15) is 18.0 Å². The number of fused-ring (bicyclic) bond motifs is 1. The molecule has 7 heteroatoms. The number of nitrogens with one attached hydrogen (secondary N) is 2. The van der Waals surface area contributed by atoms with Crippen LogP contribution in [-0.4, -0.2) is 20.2 Å². The summed E-state index contributed by atoms with van der Waals surface area (Å²) in [6, 6.07) is 22.4. The number of sulfone groups is 1. The smallest absolute Gasteiger partial charge is 0.319 e. The van der Waals surface area contributed by atoms with Crippen LogP contribution in [0.3, 0.4) is 0 Å². The van der Waals surface area contributed by atoms with E-state index >= 15 is 0 Å². The summed E-state index contributed by atoms with van der Waals surface area (Å²) in [6.45, 7) is 0. The van der Waals surface area contributed by atoms with Gasteiger partial charge in [-0.1, -0.05) is 48.5 Å². The number of carbonyl (C=O) groups is 1. The van der Waals surface area contributed by atoms with E-state index < -0.39 is 15.9 Å². The fourth-order valence-electron chi connectivity index (χ4n) is 3.33. The van der Waals surface area contributed by atoms with E-state index in [4.69, 9.17) is 4.74 Å². The third kappa shape index (κ3) is 4.25. The third-order valence-corrected chi connectivity index (χ3v) is 6.53. The summed E-state index contributed by atoms with van der Waals surface area (Å²) in [5.74, 6) is 1.18. The molecule has 2 amide bonds. The van der Waals surface area contributed by atoms with Gasteiger partial charge in [-0.2, -0.15) is 0 Å². The molecule has 1 aliphatic heterocycles. The molecule has 1 heterocycles. The van der Waals surface area contributed by atoms with Crippen LogP contribution in [0, 0.1) is 0 Å². The molecule has 0 aliphatic carbocycles. The van der Waals surface area contributed by atoms with E-state index in [9.17, 15) is 13.2 Å². The molecule has 0 bridgehead atoms. The Kier molecular flexibility index (Phi) is 5.22. The van der Waals surface area contributed by atoms with Gasteiger partial charge >= 0.3 is 6.03 Å². The zero-order valence-electron chi connectivity index (χ0n) is 15.5. The Morgan fingerprint density at radius 2 is 1.59 bits per heavy atom. The summed E-state index contributed by atoms with van der Waals surface area (Å²) >= 11 is 0. The van der Waals surface area contributed by atoms with Crippen molar-refractivity contribution in [3.8, 4) is 11.5 Å². The number of para-hydroxylation sites is 3. The van der Waals surface area contributed by atoms with Crippen molar-refractivity contribution in [1.29, 1.82) is 0 Å². The van der Waals surface area contributed by atoms with Crippen molar-refractivity contribution in [2.75, 3.05) is 11.1 Å². The maximum Gasteiger partial charge on any atom is 0.319 e. The summed E-state index contributed by atoms with van der Waals surface area (Å²) < 4.78 is 30.4. The lowest BCUT2D eigenvalue weighted by Gasteiger charge is -2.26. The molecule has 0 spiro atoms. The van der Waals surface area contributed by atoms with E-state index in [0.29, 0.717) is 29.2 Å². The fourth-order valence-corrected chi connectivity index (χ4v) is 4.95. The summed E-state index contributed by atoms with van der Waals surface area (Å²) in [4.78, 5) is 12.9. The van der Waals surface area contributed by atoms with Crippen molar-refractivity contribution in [2.24, 2.45) is 0 Å². The molecule has 0 saturated carbocycles. The summed E-state index contributed by atoms with van der Waals surface area (Å²) in [5, 5.41) is 5.69. The van der Waals surface area contributed by atoms with Gasteiger partial charge in [0.15, 0.2) is 15.6 Å². The molecule has 3 aromatic carbocycles. The highest BCUT2D eigenvalue weighted by Crippen LogP contribution is 2.33. The first-order valence-electron chi connectivity index (χ1n) is 9.24. The van der Waals surface area contributed by atoms with Crippen LogP contribution in [0.2, 0.25) is 0 Å². The van der Waals surface area contributed by atoms with Gasteiger partial charge in [0.05, 0.1) is 22.4 Å². The Morgan fingerprint density at radius 3 is 2.41 bits per heavy atom. The topological polar surface area (TPSA) is 84.5 Å². The highest BCUT2D eigenvalue weighted by atomic mass is 32.2. The van der Waals surface area contributed by atoms with Gasteiger partial charge in [0, 0.05) is 0 Å². The van der Waals surface area contributed by atoms with E-state index in [2.05, 4.69) is 10.6 Å². The molecule has 1 atom stereocenters. The molecule has 4 rings (SSSR count). The lowest BCUT2D eigenvalue weighted by Crippen LogP contribution is -2.36. The van der Waals surface area contributed by atoms with Crippen LogP contribution in [0.25, 0.3) is 0 Å². The number of rotatable bonds is 4. The van der Waals surface area contributed by atoms with E-state index in [1.165, 1.54) is 0 Å². The molecule has 1 unspecified atom stereocenters. The third-order valence-electron chi connectivity index (χ3n) is 4.72. The first-order valence-corrected chi connectivity index (χ1v) is 10.9. The van der Waals surface area contributed by atoms with Gasteiger partial charge in [0.1, 0.15) is 5.75 Å². The zero-order valence-corrected chi connectivity index (χ0v) is 16.4. The van der Waals surface area contributed by atoms with Crippen LogP contribution in [0.5, 0.6) is 11.5 Å². The van der Waals surface area contributed by atoms with Crippen molar-refractivity contribution in [2.45, 2.75) is 17.4 Å². The number of urea groups is 1. The molecule has 2 N–H and O–H groups in total. The van der Waals surface area contributed by atoms with Crippen molar-refractivity contribution >= 4 is 21.6 Å². The number of hydrogen-bond acceptors (Lipinski definition) is 4. The van der Waals surface area contributed by atoms with Gasteiger partial charge in [-0.3, -0.25) is 0 Å². The second-order valence-corrected chi connectivity index (χ2v) is 8.79. The molecular weight excluding hydrogens is 388 g/mol.